The molecule has 0 radical (unpaired) electrons. The molecule has 2 N–H and O–H groups in total. The second-order valence-corrected chi connectivity index (χ2v) is 4.85. The number of hydrogen-bond acceptors (Lipinski definition) is 5. The summed E-state index contributed by atoms with van der Waals surface area (Å²) < 4.78 is 42.8. The minimum Gasteiger partial charge on any atom is -0.495 e. The molecular formula is C13H17BrClF2NO4. The third-order valence-electron chi connectivity index (χ3n) is 2.77. The van der Waals surface area contributed by atoms with Gasteiger partial charge in [0.2, 0.25) is 0 Å². The summed E-state index contributed by atoms with van der Waals surface area (Å²) in [4.78, 5) is 11.3. The highest BCUT2D eigenvalue weighted by Gasteiger charge is 2.48. The number of alkyl halides is 2. The Hall–Kier alpha value is -1.12. The number of ether oxygens (including phenoxy) is 3. The van der Waals surface area contributed by atoms with E-state index in [1.807, 2.05) is 0 Å². The lowest BCUT2D eigenvalue weighted by molar-refractivity contribution is -0.174. The number of benzene rings is 1. The number of hydrogen-bond donors (Lipinski definition) is 1. The van der Waals surface area contributed by atoms with Crippen molar-refractivity contribution in [2.24, 2.45) is 5.73 Å². The summed E-state index contributed by atoms with van der Waals surface area (Å²) in [5.41, 5.74) is 5.51. The van der Waals surface area contributed by atoms with Crippen molar-refractivity contribution < 1.29 is 27.8 Å². The first-order valence-corrected chi connectivity index (χ1v) is 6.80. The smallest absolute Gasteiger partial charge is 0.379 e. The molecule has 0 aliphatic carbocycles. The third-order valence-corrected chi connectivity index (χ3v) is 3.55. The van der Waals surface area contributed by atoms with Crippen LogP contribution in [0.3, 0.4) is 0 Å². The molecule has 0 aliphatic heterocycles. The molecule has 0 aromatic heterocycles. The van der Waals surface area contributed by atoms with Crippen LogP contribution in [0.4, 0.5) is 8.78 Å². The monoisotopic (exact) mass is 403 g/mol. The van der Waals surface area contributed by atoms with E-state index in [2.05, 4.69) is 20.7 Å². The van der Waals surface area contributed by atoms with E-state index < -0.39 is 17.9 Å². The Bertz CT molecular complexity index is 506. The molecule has 1 rings (SSSR count). The van der Waals surface area contributed by atoms with E-state index in [0.717, 1.165) is 0 Å². The minimum absolute atomic E-state index is 0. The standard InChI is InChI=1S/C13H16BrF2NO4.ClH/c1-4-21-12(18)13(15,16)11(17)7-5-8(19-2)10(14)9(6-7)20-3;/h5-6,11H,4,17H2,1-3H3;1H/t11-;/m0./s1. The number of carbonyl (C=O) groups is 1. The lowest BCUT2D eigenvalue weighted by Crippen LogP contribution is -2.41. The topological polar surface area (TPSA) is 70.8 Å². The molecule has 22 heavy (non-hydrogen) atoms. The van der Waals surface area contributed by atoms with E-state index >= 15 is 0 Å². The van der Waals surface area contributed by atoms with E-state index in [1.54, 1.807) is 0 Å². The quantitative estimate of drug-likeness (QED) is 0.738. The Morgan fingerprint density at radius 3 is 2.14 bits per heavy atom. The number of nitrogens with two attached hydrogens (primary N) is 1. The van der Waals surface area contributed by atoms with Crippen molar-refractivity contribution in [3.63, 3.8) is 0 Å². The number of halogens is 4. The Morgan fingerprint density at radius 2 is 1.77 bits per heavy atom. The van der Waals surface area contributed by atoms with E-state index in [-0.39, 0.29) is 36.1 Å². The highest BCUT2D eigenvalue weighted by molar-refractivity contribution is 9.10. The summed E-state index contributed by atoms with van der Waals surface area (Å²) in [6.07, 6.45) is 0. The lowest BCUT2D eigenvalue weighted by atomic mass is 10.0. The minimum atomic E-state index is -3.86. The van der Waals surface area contributed by atoms with Crippen LogP contribution in [0.2, 0.25) is 0 Å². The van der Waals surface area contributed by atoms with Crippen molar-refractivity contribution in [1.29, 1.82) is 0 Å². The number of carbonyl (C=O) groups excluding carboxylic acids is 1. The normalized spacial score (nSPS) is 12.1. The third kappa shape index (κ3) is 4.21. The van der Waals surface area contributed by atoms with Gasteiger partial charge in [0.05, 0.1) is 20.8 Å². The highest BCUT2D eigenvalue weighted by Crippen LogP contribution is 2.40. The zero-order valence-electron chi connectivity index (χ0n) is 12.2. The number of methoxy groups -OCH3 is 2. The van der Waals surface area contributed by atoms with Crippen LogP contribution in [0.5, 0.6) is 11.5 Å². The fourth-order valence-corrected chi connectivity index (χ4v) is 2.19. The zero-order chi connectivity index (χ0) is 16.2. The molecule has 1 aromatic carbocycles. The molecule has 0 heterocycles. The van der Waals surface area contributed by atoms with Gasteiger partial charge in [-0.2, -0.15) is 8.78 Å². The van der Waals surface area contributed by atoms with Crippen molar-refractivity contribution in [2.75, 3.05) is 20.8 Å². The van der Waals surface area contributed by atoms with E-state index in [4.69, 9.17) is 15.2 Å². The molecule has 0 saturated carbocycles. The van der Waals surface area contributed by atoms with Gasteiger partial charge in [-0.1, -0.05) is 0 Å². The Kier molecular flexibility index (Phi) is 8.06. The fraction of sp³-hybridized carbons (Fsp3) is 0.462. The summed E-state index contributed by atoms with van der Waals surface area (Å²) in [5, 5.41) is 0. The molecule has 126 valence electrons. The SMILES string of the molecule is CCOC(=O)C(F)(F)[C@@H](N)c1cc(OC)c(Br)c(OC)c1.Cl. The molecule has 0 aliphatic rings. The van der Waals surface area contributed by atoms with E-state index in [0.29, 0.717) is 4.47 Å². The Morgan fingerprint density at radius 1 is 1.32 bits per heavy atom. The molecule has 1 atom stereocenters. The predicted octanol–water partition coefficient (Wildman–Crippen LogP) is 3.09. The maximum Gasteiger partial charge on any atom is 0.379 e. The fourth-order valence-electron chi connectivity index (χ4n) is 1.63. The van der Waals surface area contributed by atoms with Gasteiger partial charge in [0.1, 0.15) is 22.0 Å². The first kappa shape index (κ1) is 20.9. The largest absolute Gasteiger partial charge is 0.495 e. The first-order chi connectivity index (χ1) is 9.79. The molecule has 9 heteroatoms. The van der Waals surface area contributed by atoms with Crippen molar-refractivity contribution in [3.05, 3.63) is 22.2 Å². The number of rotatable bonds is 6. The summed E-state index contributed by atoms with van der Waals surface area (Å²) in [6.45, 7) is 1.28. The van der Waals surface area contributed by atoms with Crippen molar-refractivity contribution in [2.45, 2.75) is 18.9 Å². The van der Waals surface area contributed by atoms with Crippen LogP contribution in [0.1, 0.15) is 18.5 Å². The summed E-state index contributed by atoms with van der Waals surface area (Å²) in [6, 6.07) is 0.738. The second kappa shape index (κ2) is 8.50. The van der Waals surface area contributed by atoms with Crippen LogP contribution >= 0.6 is 28.3 Å². The highest BCUT2D eigenvalue weighted by atomic mass is 79.9. The van der Waals surface area contributed by atoms with Crippen LogP contribution in [0.25, 0.3) is 0 Å². The van der Waals surface area contributed by atoms with Gasteiger partial charge in [0, 0.05) is 0 Å². The average molecular weight is 405 g/mol. The second-order valence-electron chi connectivity index (χ2n) is 4.06. The van der Waals surface area contributed by atoms with E-state index in [1.165, 1.54) is 33.3 Å². The lowest BCUT2D eigenvalue weighted by Gasteiger charge is -2.23. The van der Waals surface area contributed by atoms with Crippen LogP contribution in [-0.2, 0) is 9.53 Å². The molecule has 0 spiro atoms. The predicted molar refractivity (Wildman–Crippen MR) is 83.0 cm³/mol. The van der Waals surface area contributed by atoms with Crippen LogP contribution < -0.4 is 15.2 Å². The van der Waals surface area contributed by atoms with Gasteiger partial charge in [-0.05, 0) is 40.5 Å². The van der Waals surface area contributed by atoms with Gasteiger partial charge >= 0.3 is 11.9 Å². The molecule has 0 amide bonds. The molecule has 0 unspecified atom stereocenters. The van der Waals surface area contributed by atoms with Gasteiger partial charge in [-0.15, -0.1) is 12.4 Å². The van der Waals surface area contributed by atoms with Crippen molar-refractivity contribution in [1.82, 2.24) is 0 Å². The summed E-state index contributed by atoms with van der Waals surface area (Å²) >= 11 is 3.22. The van der Waals surface area contributed by atoms with Crippen molar-refractivity contribution in [3.8, 4) is 11.5 Å². The molecule has 1 aromatic rings. The maximum atomic E-state index is 14.0. The molecular weight excluding hydrogens is 387 g/mol. The Labute approximate surface area is 141 Å². The van der Waals surface area contributed by atoms with Crippen molar-refractivity contribution >= 4 is 34.3 Å². The van der Waals surface area contributed by atoms with Crippen LogP contribution in [-0.4, -0.2) is 32.7 Å². The summed E-state index contributed by atoms with van der Waals surface area (Å²) in [7, 11) is 2.75. The van der Waals surface area contributed by atoms with Gasteiger partial charge < -0.3 is 19.9 Å². The first-order valence-electron chi connectivity index (χ1n) is 6.01. The molecule has 0 saturated heterocycles. The summed E-state index contributed by atoms with van der Waals surface area (Å²) in [5.74, 6) is -5.00. The van der Waals surface area contributed by atoms with Gasteiger partial charge in [-0.3, -0.25) is 0 Å². The zero-order valence-corrected chi connectivity index (χ0v) is 14.6. The maximum absolute atomic E-state index is 14.0. The Balaban J connectivity index is 0.00000441. The van der Waals surface area contributed by atoms with Gasteiger partial charge in [-0.25, -0.2) is 4.79 Å². The molecule has 0 fully saturated rings. The average Bonchev–Trinajstić information content (AvgIpc) is 2.46. The van der Waals surface area contributed by atoms with E-state index in [9.17, 15) is 13.6 Å². The van der Waals surface area contributed by atoms with Gasteiger partial charge in [0.25, 0.3) is 0 Å². The van der Waals surface area contributed by atoms with Crippen LogP contribution in [0, 0.1) is 0 Å². The van der Waals surface area contributed by atoms with Gasteiger partial charge in [0.15, 0.2) is 0 Å². The molecule has 0 bridgehead atoms. The molecule has 5 nitrogen and oxygen atoms in total. The van der Waals surface area contributed by atoms with Crippen LogP contribution in [0.15, 0.2) is 16.6 Å². The number of esters is 1.